The molecular formula is C28H30BrN5O2S2. The molecule has 198 valence electrons. The Morgan fingerprint density at radius 2 is 2.05 bits per heavy atom. The highest BCUT2D eigenvalue weighted by atomic mass is 79.9. The van der Waals surface area contributed by atoms with E-state index in [1.807, 2.05) is 47.0 Å². The lowest BCUT2D eigenvalue weighted by atomic mass is 9.65. The average molecular weight is 613 g/mol. The molecule has 2 aliphatic rings. The van der Waals surface area contributed by atoms with Crippen molar-refractivity contribution < 1.29 is 9.90 Å². The van der Waals surface area contributed by atoms with Crippen molar-refractivity contribution >= 4 is 71.7 Å². The van der Waals surface area contributed by atoms with E-state index in [9.17, 15) is 9.90 Å². The zero-order valence-electron chi connectivity index (χ0n) is 21.6. The number of thioether (sulfide) groups is 1. The molecule has 6 rings (SSSR count). The van der Waals surface area contributed by atoms with Gasteiger partial charge in [-0.25, -0.2) is 4.98 Å². The summed E-state index contributed by atoms with van der Waals surface area (Å²) in [7, 11) is 0. The Labute approximate surface area is 238 Å². The number of aromatic hydroxyl groups is 1. The highest BCUT2D eigenvalue weighted by Crippen LogP contribution is 2.53. The fraction of sp³-hybridized carbons (Fsp3) is 0.429. The molecular weight excluding hydrogens is 582 g/mol. The zero-order chi connectivity index (χ0) is 26.7. The van der Waals surface area contributed by atoms with Crippen LogP contribution < -0.4 is 0 Å². The average Bonchev–Trinajstić information content (AvgIpc) is 3.45. The van der Waals surface area contributed by atoms with Crippen molar-refractivity contribution in [1.82, 2.24) is 14.5 Å². The van der Waals surface area contributed by atoms with Gasteiger partial charge in [0.05, 0.1) is 28.2 Å². The van der Waals surface area contributed by atoms with Gasteiger partial charge in [0, 0.05) is 22.4 Å². The predicted octanol–water partition coefficient (Wildman–Crippen LogP) is 7.98. The molecule has 3 heterocycles. The number of para-hydroxylation sites is 1. The molecule has 4 aromatic rings. The van der Waals surface area contributed by atoms with Gasteiger partial charge in [-0.05, 0) is 60.4 Å². The predicted molar refractivity (Wildman–Crippen MR) is 157 cm³/mol. The van der Waals surface area contributed by atoms with Crippen LogP contribution in [0.3, 0.4) is 0 Å². The largest absolute Gasteiger partial charge is 0.493 e. The quantitative estimate of drug-likeness (QED) is 0.176. The Morgan fingerprint density at radius 3 is 2.87 bits per heavy atom. The zero-order valence-corrected chi connectivity index (χ0v) is 24.9. The molecule has 38 heavy (non-hydrogen) atoms. The van der Waals surface area contributed by atoms with Gasteiger partial charge in [0.2, 0.25) is 5.88 Å². The highest BCUT2D eigenvalue weighted by molar-refractivity contribution is 9.10. The molecule has 2 bridgehead atoms. The van der Waals surface area contributed by atoms with E-state index in [0.29, 0.717) is 29.2 Å². The minimum atomic E-state index is -0.368. The summed E-state index contributed by atoms with van der Waals surface area (Å²) in [5, 5.41) is 20.3. The van der Waals surface area contributed by atoms with Crippen molar-refractivity contribution in [2.24, 2.45) is 21.1 Å². The van der Waals surface area contributed by atoms with Crippen molar-refractivity contribution in [3.8, 4) is 5.88 Å². The third kappa shape index (κ3) is 5.03. The maximum atomic E-state index is 12.6. The van der Waals surface area contributed by atoms with Gasteiger partial charge in [-0.1, -0.05) is 60.6 Å². The van der Waals surface area contributed by atoms with Crippen LogP contribution in [0, 0.1) is 10.8 Å². The number of thiazole rings is 1. The number of azo groups is 1. The van der Waals surface area contributed by atoms with Crippen molar-refractivity contribution in [2.75, 3.05) is 12.3 Å². The molecule has 1 saturated carbocycles. The summed E-state index contributed by atoms with van der Waals surface area (Å²) in [6.45, 7) is 8.72. The summed E-state index contributed by atoms with van der Waals surface area (Å²) in [5.41, 5.74) is 2.75. The molecule has 2 unspecified atom stereocenters. The molecule has 2 aromatic heterocycles. The molecule has 0 spiro atoms. The first kappa shape index (κ1) is 26.0. The Balaban J connectivity index is 1.23. The van der Waals surface area contributed by atoms with Crippen LogP contribution in [0.1, 0.15) is 40.0 Å². The third-order valence-corrected chi connectivity index (χ3v) is 10.3. The number of likely N-dealkylation sites (tertiary alicyclic amines) is 1. The second kappa shape index (κ2) is 9.73. The van der Waals surface area contributed by atoms with Crippen LogP contribution in [-0.2, 0) is 11.5 Å². The molecule has 2 aromatic carbocycles. The minimum absolute atomic E-state index is 0.0411. The van der Waals surface area contributed by atoms with E-state index in [1.165, 1.54) is 24.6 Å². The van der Waals surface area contributed by atoms with Gasteiger partial charge in [-0.3, -0.25) is 14.3 Å². The Kier molecular flexibility index (Phi) is 6.65. The smallest absolute Gasteiger partial charge is 0.274 e. The fourth-order valence-corrected chi connectivity index (χ4v) is 8.84. The Morgan fingerprint density at radius 1 is 1.24 bits per heavy atom. The van der Waals surface area contributed by atoms with Crippen LogP contribution >= 0.6 is 39.0 Å². The van der Waals surface area contributed by atoms with Gasteiger partial charge in [-0.2, -0.15) is 0 Å². The van der Waals surface area contributed by atoms with Crippen LogP contribution in [0.2, 0.25) is 0 Å². The highest BCUT2D eigenvalue weighted by Gasteiger charge is 2.49. The second-order valence-electron chi connectivity index (χ2n) is 11.7. The first-order chi connectivity index (χ1) is 18.1. The number of halogens is 1. The number of hydrogen-bond donors (Lipinski definition) is 1. The Hall–Kier alpha value is -2.27. The van der Waals surface area contributed by atoms with Crippen molar-refractivity contribution in [1.29, 1.82) is 0 Å². The molecule has 0 radical (unpaired) electrons. The molecule has 2 atom stereocenters. The number of carbonyl (C=O) groups is 1. The molecule has 1 N–H and O–H groups in total. The normalized spacial score (nSPS) is 23.2. The summed E-state index contributed by atoms with van der Waals surface area (Å²) in [6.07, 6.45) is 3.56. The second-order valence-corrected chi connectivity index (χ2v) is 14.9. The van der Waals surface area contributed by atoms with Crippen molar-refractivity contribution in [3.63, 3.8) is 0 Å². The summed E-state index contributed by atoms with van der Waals surface area (Å²) in [5.74, 6) is -0.191. The van der Waals surface area contributed by atoms with Crippen molar-refractivity contribution in [3.05, 3.63) is 46.9 Å². The van der Waals surface area contributed by atoms with E-state index < -0.39 is 0 Å². The Bertz CT molecular complexity index is 1550. The van der Waals surface area contributed by atoms with Crippen LogP contribution in [0.15, 0.2) is 61.5 Å². The molecule has 1 amide bonds. The SMILES string of the molecule is CC1(C)CC2CC(C)(CN2Cn2c(O)c(N=NC(=O)CSc3nc4ccccc4s3)c3cc(Br)ccc32)C1. The minimum Gasteiger partial charge on any atom is -0.493 e. The summed E-state index contributed by atoms with van der Waals surface area (Å²) in [6, 6.07) is 14.3. The molecule has 1 saturated heterocycles. The number of hydrogen-bond acceptors (Lipinski definition) is 7. The lowest BCUT2D eigenvalue weighted by molar-refractivity contribution is -0.115. The molecule has 2 fully saturated rings. The lowest BCUT2D eigenvalue weighted by Gasteiger charge is -2.40. The maximum absolute atomic E-state index is 12.6. The van der Waals surface area contributed by atoms with E-state index in [0.717, 1.165) is 42.9 Å². The van der Waals surface area contributed by atoms with Gasteiger partial charge in [0.1, 0.15) is 0 Å². The van der Waals surface area contributed by atoms with Crippen LogP contribution in [0.25, 0.3) is 21.1 Å². The summed E-state index contributed by atoms with van der Waals surface area (Å²) >= 11 is 6.46. The molecule has 7 nitrogen and oxygen atoms in total. The summed E-state index contributed by atoms with van der Waals surface area (Å²) < 4.78 is 4.70. The van der Waals surface area contributed by atoms with Crippen LogP contribution in [-0.4, -0.2) is 43.8 Å². The van der Waals surface area contributed by atoms with Gasteiger partial charge in [0.15, 0.2) is 10.0 Å². The summed E-state index contributed by atoms with van der Waals surface area (Å²) in [4.78, 5) is 19.7. The van der Waals surface area contributed by atoms with E-state index in [2.05, 4.69) is 56.8 Å². The monoisotopic (exact) mass is 611 g/mol. The molecule has 1 aliphatic heterocycles. The van der Waals surface area contributed by atoms with E-state index in [4.69, 9.17) is 0 Å². The van der Waals surface area contributed by atoms with Crippen LogP contribution in [0.4, 0.5) is 5.69 Å². The van der Waals surface area contributed by atoms with Crippen LogP contribution in [0.5, 0.6) is 5.88 Å². The first-order valence-corrected chi connectivity index (χ1v) is 15.4. The third-order valence-electron chi connectivity index (χ3n) is 7.67. The van der Waals surface area contributed by atoms with E-state index >= 15 is 0 Å². The molecule has 1 aliphatic carbocycles. The van der Waals surface area contributed by atoms with Crippen molar-refractivity contribution in [2.45, 2.75) is 57.1 Å². The van der Waals surface area contributed by atoms with Gasteiger partial charge < -0.3 is 5.11 Å². The number of benzene rings is 2. The number of nitrogens with zero attached hydrogens (tertiary/aromatic N) is 5. The molecule has 10 heteroatoms. The number of rotatable bonds is 6. The standard InChI is InChI=1S/C28H30BrN5O2S2/c1-27(2)11-18-12-28(3,14-27)15-33(18)16-34-21-9-8-17(29)10-19(21)24(25(34)36)32-31-23(35)13-37-26-30-20-6-4-5-7-22(20)38-26/h4-10,18,36H,11-16H2,1-3H3. The number of amides is 1. The topological polar surface area (TPSA) is 83.1 Å². The van der Waals surface area contributed by atoms with Gasteiger partial charge >= 0.3 is 0 Å². The van der Waals surface area contributed by atoms with E-state index in [1.54, 1.807) is 11.3 Å². The van der Waals surface area contributed by atoms with Gasteiger partial charge in [0.25, 0.3) is 5.91 Å². The number of fused-ring (bicyclic) bond motifs is 4. The number of carbonyl (C=O) groups excluding carboxylic acids is 1. The maximum Gasteiger partial charge on any atom is 0.274 e. The first-order valence-electron chi connectivity index (χ1n) is 12.8. The fourth-order valence-electron chi connectivity index (χ4n) is 6.63. The van der Waals surface area contributed by atoms with Gasteiger partial charge in [-0.15, -0.1) is 21.6 Å². The van der Waals surface area contributed by atoms with E-state index in [-0.39, 0.29) is 17.5 Å². The number of aromatic nitrogens is 2. The lowest BCUT2D eigenvalue weighted by Crippen LogP contribution is -2.35.